The van der Waals surface area contributed by atoms with Crippen LogP contribution in [0.4, 0.5) is 16.3 Å². The van der Waals surface area contributed by atoms with E-state index in [-0.39, 0.29) is 35.4 Å². The number of Topliss-reactive ketones (excluding diaryl/α,β-unsaturated/α-hetero) is 1. The van der Waals surface area contributed by atoms with Crippen LogP contribution in [0.5, 0.6) is 0 Å². The van der Waals surface area contributed by atoms with Crippen molar-refractivity contribution in [2.24, 2.45) is 5.92 Å². The van der Waals surface area contributed by atoms with E-state index >= 15 is 0 Å². The molecule has 3 heterocycles. The Bertz CT molecular complexity index is 1400. The molecule has 0 saturated carbocycles. The molecule has 2 saturated heterocycles. The van der Waals surface area contributed by atoms with E-state index in [1.807, 2.05) is 61.5 Å². The Morgan fingerprint density at radius 3 is 2.29 bits per heavy atom. The van der Waals surface area contributed by atoms with Crippen LogP contribution < -0.4 is 16.0 Å². The maximum atomic E-state index is 13.5. The minimum atomic E-state index is -0.678. The van der Waals surface area contributed by atoms with Gasteiger partial charge in [-0.2, -0.15) is 5.10 Å². The smallest absolute Gasteiger partial charge is 0.324 e. The lowest BCUT2D eigenvalue weighted by Crippen LogP contribution is -2.37. The number of benzene rings is 2. The highest BCUT2D eigenvalue weighted by molar-refractivity contribution is 5.99. The lowest BCUT2D eigenvalue weighted by molar-refractivity contribution is -0.148. The molecule has 0 aliphatic carbocycles. The summed E-state index contributed by atoms with van der Waals surface area (Å²) in [5, 5.41) is 14.0. The predicted molar refractivity (Wildman–Crippen MR) is 159 cm³/mol. The van der Waals surface area contributed by atoms with Crippen LogP contribution in [0, 0.1) is 12.8 Å². The Morgan fingerprint density at radius 1 is 1.00 bits per heavy atom. The van der Waals surface area contributed by atoms with Gasteiger partial charge in [-0.25, -0.2) is 9.48 Å². The fraction of sp³-hybridized carbons (Fsp3) is 0.438. The minimum Gasteiger partial charge on any atom is -0.454 e. The molecular formula is C32H39N5O4. The molecule has 9 heteroatoms. The van der Waals surface area contributed by atoms with E-state index in [9.17, 15) is 14.4 Å². The molecule has 1 unspecified atom stereocenters. The summed E-state index contributed by atoms with van der Waals surface area (Å²) in [5.74, 6) is 0.0481. The molecule has 0 bridgehead atoms. The molecule has 3 N–H and O–H groups in total. The van der Waals surface area contributed by atoms with Gasteiger partial charge in [-0.1, -0.05) is 50.6 Å². The number of esters is 1. The number of hydrogen-bond acceptors (Lipinski definition) is 6. The molecular weight excluding hydrogens is 518 g/mol. The number of aromatic nitrogens is 2. The van der Waals surface area contributed by atoms with Crippen molar-refractivity contribution >= 4 is 29.3 Å². The first-order valence-corrected chi connectivity index (χ1v) is 14.4. The number of carbonyl (C=O) groups excluding carboxylic acids is 3. The predicted octanol–water partition coefficient (Wildman–Crippen LogP) is 5.48. The molecule has 216 valence electrons. The third-order valence-electron chi connectivity index (χ3n) is 7.89. The normalized spacial score (nSPS) is 18.5. The Labute approximate surface area is 241 Å². The first-order valence-electron chi connectivity index (χ1n) is 14.4. The van der Waals surface area contributed by atoms with Crippen molar-refractivity contribution in [3.8, 4) is 5.69 Å². The number of nitrogens with one attached hydrogen (secondary N) is 3. The van der Waals surface area contributed by atoms with Crippen molar-refractivity contribution in [3.05, 3.63) is 71.4 Å². The lowest BCUT2D eigenvalue weighted by Gasteiger charge is -2.31. The van der Waals surface area contributed by atoms with Gasteiger partial charge in [0.25, 0.3) is 0 Å². The minimum absolute atomic E-state index is 0.0276. The van der Waals surface area contributed by atoms with Gasteiger partial charge >= 0.3 is 12.0 Å². The fourth-order valence-electron chi connectivity index (χ4n) is 5.54. The first-order chi connectivity index (χ1) is 19.6. The molecule has 3 aromatic rings. The van der Waals surface area contributed by atoms with Gasteiger partial charge in [0.15, 0.2) is 11.9 Å². The van der Waals surface area contributed by atoms with Crippen molar-refractivity contribution in [1.29, 1.82) is 0 Å². The maximum Gasteiger partial charge on any atom is 0.324 e. The Kier molecular flexibility index (Phi) is 8.26. The summed E-state index contributed by atoms with van der Waals surface area (Å²) in [4.78, 5) is 38.3. The number of aryl methyl sites for hydroxylation is 1. The zero-order valence-electron chi connectivity index (χ0n) is 24.2. The number of ketones is 1. The van der Waals surface area contributed by atoms with Crippen LogP contribution in [-0.2, 0) is 19.7 Å². The van der Waals surface area contributed by atoms with E-state index in [1.54, 1.807) is 4.68 Å². The summed E-state index contributed by atoms with van der Waals surface area (Å²) in [6, 6.07) is 16.9. The second kappa shape index (κ2) is 11.9. The van der Waals surface area contributed by atoms with Crippen molar-refractivity contribution in [2.75, 3.05) is 23.7 Å². The standard InChI is InChI=1S/C32H39N5O4/c1-20-5-11-24(12-6-20)37-27(19-26(36-37)32(2,3)4)35-31(40)34-23-9-7-21(8-10-23)29(22-15-17-33-18-16-22)30(39)25-13-14-28(38)41-25/h5-12,19,22,25,29,33H,13-18H2,1-4H3,(H2,34,35,40)/t25-,29?/m0/s1. The summed E-state index contributed by atoms with van der Waals surface area (Å²) in [6.45, 7) is 9.99. The number of piperidine rings is 1. The second-order valence-electron chi connectivity index (χ2n) is 12.1. The number of amides is 2. The summed E-state index contributed by atoms with van der Waals surface area (Å²) in [6.07, 6.45) is 1.81. The van der Waals surface area contributed by atoms with E-state index in [2.05, 4.69) is 36.7 Å². The highest BCUT2D eigenvalue weighted by atomic mass is 16.6. The van der Waals surface area contributed by atoms with Crippen LogP contribution in [0.2, 0.25) is 0 Å². The number of anilines is 2. The third kappa shape index (κ3) is 6.68. The van der Waals surface area contributed by atoms with Gasteiger partial charge in [-0.15, -0.1) is 0 Å². The van der Waals surface area contributed by atoms with Gasteiger partial charge in [-0.05, 0) is 68.6 Å². The van der Waals surface area contributed by atoms with Crippen LogP contribution >= 0.6 is 0 Å². The van der Waals surface area contributed by atoms with Gasteiger partial charge < -0.3 is 15.4 Å². The molecule has 1 aromatic heterocycles. The molecule has 2 aliphatic heterocycles. The molecule has 2 atom stereocenters. The number of urea groups is 1. The zero-order chi connectivity index (χ0) is 29.1. The quantitative estimate of drug-likeness (QED) is 0.332. The number of carbonyl (C=O) groups is 3. The maximum absolute atomic E-state index is 13.5. The first kappa shape index (κ1) is 28.5. The van der Waals surface area contributed by atoms with Gasteiger partial charge in [0.1, 0.15) is 5.82 Å². The fourth-order valence-corrected chi connectivity index (χ4v) is 5.54. The van der Waals surface area contributed by atoms with Crippen LogP contribution in [0.3, 0.4) is 0 Å². The van der Waals surface area contributed by atoms with E-state index in [0.717, 1.165) is 48.4 Å². The lowest BCUT2D eigenvalue weighted by atomic mass is 9.76. The molecule has 9 nitrogen and oxygen atoms in total. The molecule has 0 spiro atoms. The molecule has 5 rings (SSSR count). The van der Waals surface area contributed by atoms with E-state index < -0.39 is 12.1 Å². The van der Waals surface area contributed by atoms with Crippen molar-refractivity contribution in [3.63, 3.8) is 0 Å². The molecule has 2 aromatic carbocycles. The number of nitrogens with zero attached hydrogens (tertiary/aromatic N) is 2. The summed E-state index contributed by atoms with van der Waals surface area (Å²) in [7, 11) is 0. The number of ether oxygens (including phenoxy) is 1. The molecule has 41 heavy (non-hydrogen) atoms. The van der Waals surface area contributed by atoms with Crippen LogP contribution in [0.25, 0.3) is 5.69 Å². The topological polar surface area (TPSA) is 114 Å². The van der Waals surface area contributed by atoms with Crippen LogP contribution in [-0.4, -0.2) is 46.8 Å². The van der Waals surface area contributed by atoms with Gasteiger partial charge in [0.2, 0.25) is 0 Å². The molecule has 0 radical (unpaired) electrons. The highest BCUT2D eigenvalue weighted by Gasteiger charge is 2.39. The third-order valence-corrected chi connectivity index (χ3v) is 7.89. The van der Waals surface area contributed by atoms with Crippen LogP contribution in [0.1, 0.15) is 69.2 Å². The van der Waals surface area contributed by atoms with Crippen molar-refractivity contribution < 1.29 is 19.1 Å². The number of cyclic esters (lactones) is 1. The highest BCUT2D eigenvalue weighted by Crippen LogP contribution is 2.36. The molecule has 2 amide bonds. The average molecular weight is 558 g/mol. The van der Waals surface area contributed by atoms with E-state index in [4.69, 9.17) is 9.84 Å². The summed E-state index contributed by atoms with van der Waals surface area (Å²) < 4.78 is 7.09. The summed E-state index contributed by atoms with van der Waals surface area (Å²) in [5.41, 5.74) is 4.14. The van der Waals surface area contributed by atoms with Crippen molar-refractivity contribution in [1.82, 2.24) is 15.1 Å². The molecule has 2 fully saturated rings. The van der Waals surface area contributed by atoms with Gasteiger partial charge in [0, 0.05) is 35.9 Å². The Morgan fingerprint density at radius 2 is 1.68 bits per heavy atom. The average Bonchev–Trinajstić information content (AvgIpc) is 3.57. The van der Waals surface area contributed by atoms with E-state index in [1.165, 1.54) is 0 Å². The van der Waals surface area contributed by atoms with E-state index in [0.29, 0.717) is 17.9 Å². The SMILES string of the molecule is Cc1ccc(-n2nc(C(C)(C)C)cc2NC(=O)Nc2ccc(C(C(=O)[C@@H]3CCC(=O)O3)C3CCNCC3)cc2)cc1. The van der Waals surface area contributed by atoms with Crippen LogP contribution in [0.15, 0.2) is 54.6 Å². The zero-order valence-corrected chi connectivity index (χ0v) is 24.2. The second-order valence-corrected chi connectivity index (χ2v) is 12.1. The van der Waals surface area contributed by atoms with Gasteiger partial charge in [0.05, 0.1) is 11.4 Å². The van der Waals surface area contributed by atoms with Gasteiger partial charge in [-0.3, -0.25) is 14.9 Å². The summed E-state index contributed by atoms with van der Waals surface area (Å²) >= 11 is 0. The largest absolute Gasteiger partial charge is 0.454 e. The number of hydrogen-bond donors (Lipinski definition) is 3. The molecule has 2 aliphatic rings. The Balaban J connectivity index is 1.32. The number of rotatable bonds is 7. The van der Waals surface area contributed by atoms with Crippen molar-refractivity contribution in [2.45, 2.75) is 70.8 Å². The Hall–Kier alpha value is -3.98. The monoisotopic (exact) mass is 557 g/mol.